The summed E-state index contributed by atoms with van der Waals surface area (Å²) in [5.74, 6) is -2.14. The van der Waals surface area contributed by atoms with Gasteiger partial charge in [0.1, 0.15) is 12.4 Å². The van der Waals surface area contributed by atoms with Crippen LogP contribution in [0.25, 0.3) is 0 Å². The molecule has 0 aromatic heterocycles. The van der Waals surface area contributed by atoms with Crippen LogP contribution in [0.3, 0.4) is 0 Å². The number of hydrogen-bond acceptors (Lipinski definition) is 6. The van der Waals surface area contributed by atoms with Gasteiger partial charge in [0.15, 0.2) is 12.3 Å². The number of carbonyl (C=O) groups is 2. The average molecular weight is 287 g/mol. The van der Waals surface area contributed by atoms with Crippen LogP contribution in [-0.4, -0.2) is 68.8 Å². The van der Waals surface area contributed by atoms with Crippen molar-refractivity contribution >= 4 is 11.7 Å². The first kappa shape index (κ1) is 14.9. The summed E-state index contributed by atoms with van der Waals surface area (Å²) in [5, 5.41) is 28.9. The third-order valence-electron chi connectivity index (χ3n) is 3.54. The van der Waals surface area contributed by atoms with E-state index in [1.807, 2.05) is 5.92 Å². The van der Waals surface area contributed by atoms with Crippen LogP contribution >= 0.6 is 0 Å². The van der Waals surface area contributed by atoms with Gasteiger partial charge in [-0.2, -0.15) is 0 Å². The second kappa shape index (κ2) is 4.79. The Morgan fingerprint density at radius 3 is 2.70 bits per heavy atom. The van der Waals surface area contributed by atoms with Gasteiger partial charge in [-0.15, -0.1) is 6.42 Å². The van der Waals surface area contributed by atoms with E-state index in [9.17, 15) is 24.2 Å². The van der Waals surface area contributed by atoms with E-state index in [0.717, 1.165) is 4.90 Å². The standard InChI is InChI=1S/C12H14FNO6/c1-2-11(19)9(18)12(13,6-15)20-10(11)14-4-3-7(16)5-8(14)17/h1,9-10,15,18-19H,3-6H2/t9-,10+,11+,12+/m0/s1. The third kappa shape index (κ3) is 1.99. The van der Waals surface area contributed by atoms with Gasteiger partial charge in [0, 0.05) is 13.0 Å². The molecule has 0 aromatic carbocycles. The second-order valence-corrected chi connectivity index (χ2v) is 4.84. The summed E-state index contributed by atoms with van der Waals surface area (Å²) in [5.41, 5.74) is -2.51. The van der Waals surface area contributed by atoms with Crippen LogP contribution in [0.5, 0.6) is 0 Å². The molecule has 2 fully saturated rings. The van der Waals surface area contributed by atoms with Crippen molar-refractivity contribution in [2.75, 3.05) is 13.2 Å². The van der Waals surface area contributed by atoms with Gasteiger partial charge < -0.3 is 25.0 Å². The van der Waals surface area contributed by atoms with Crippen molar-refractivity contribution in [2.24, 2.45) is 0 Å². The highest BCUT2D eigenvalue weighted by Gasteiger charge is 2.66. The predicted octanol–water partition coefficient (Wildman–Crippen LogP) is -2.08. The molecule has 2 heterocycles. The maximum atomic E-state index is 14.1. The van der Waals surface area contributed by atoms with Gasteiger partial charge in [-0.1, -0.05) is 5.92 Å². The molecule has 0 aromatic rings. The van der Waals surface area contributed by atoms with Crippen molar-refractivity contribution in [1.29, 1.82) is 0 Å². The summed E-state index contributed by atoms with van der Waals surface area (Å²) >= 11 is 0. The molecule has 110 valence electrons. The lowest BCUT2D eigenvalue weighted by Crippen LogP contribution is -2.58. The summed E-state index contributed by atoms with van der Waals surface area (Å²) < 4.78 is 18.9. The van der Waals surface area contributed by atoms with Crippen LogP contribution in [0.4, 0.5) is 4.39 Å². The second-order valence-electron chi connectivity index (χ2n) is 4.84. The number of alkyl halides is 1. The average Bonchev–Trinajstić information content (AvgIpc) is 2.62. The zero-order chi connectivity index (χ0) is 15.1. The molecule has 1 amide bonds. The van der Waals surface area contributed by atoms with Crippen LogP contribution in [0.15, 0.2) is 0 Å². The minimum absolute atomic E-state index is 0.0146. The molecular formula is C12H14FNO6. The Hall–Kier alpha value is -1.53. The van der Waals surface area contributed by atoms with Crippen molar-refractivity contribution < 1.29 is 34.0 Å². The van der Waals surface area contributed by atoms with E-state index in [1.165, 1.54) is 0 Å². The molecule has 2 saturated heterocycles. The van der Waals surface area contributed by atoms with Gasteiger partial charge in [-0.05, 0) is 0 Å². The monoisotopic (exact) mass is 287 g/mol. The van der Waals surface area contributed by atoms with Crippen LogP contribution in [-0.2, 0) is 14.3 Å². The molecule has 2 aliphatic heterocycles. The Labute approximate surface area is 113 Å². The number of carbonyl (C=O) groups excluding carboxylic acids is 2. The Morgan fingerprint density at radius 2 is 2.20 bits per heavy atom. The first-order valence-corrected chi connectivity index (χ1v) is 5.95. The van der Waals surface area contributed by atoms with Crippen molar-refractivity contribution in [3.63, 3.8) is 0 Å². The van der Waals surface area contributed by atoms with E-state index in [2.05, 4.69) is 0 Å². The molecule has 3 N–H and O–H groups in total. The number of likely N-dealkylation sites (tertiary alicyclic amines) is 1. The molecule has 4 atom stereocenters. The van der Waals surface area contributed by atoms with E-state index in [1.54, 1.807) is 0 Å². The zero-order valence-electron chi connectivity index (χ0n) is 10.5. The smallest absolute Gasteiger partial charge is 0.264 e. The number of hydrogen-bond donors (Lipinski definition) is 3. The van der Waals surface area contributed by atoms with Gasteiger partial charge >= 0.3 is 0 Å². The molecule has 8 heteroatoms. The van der Waals surface area contributed by atoms with Gasteiger partial charge in [0.25, 0.3) is 5.85 Å². The number of aliphatic hydroxyl groups excluding tert-OH is 2. The van der Waals surface area contributed by atoms with Crippen molar-refractivity contribution in [1.82, 2.24) is 4.90 Å². The molecule has 20 heavy (non-hydrogen) atoms. The number of nitrogens with zero attached hydrogens (tertiary/aromatic N) is 1. The summed E-state index contributed by atoms with van der Waals surface area (Å²) in [6, 6.07) is 0. The topological polar surface area (TPSA) is 107 Å². The molecule has 0 saturated carbocycles. The third-order valence-corrected chi connectivity index (χ3v) is 3.54. The maximum absolute atomic E-state index is 14.1. The highest BCUT2D eigenvalue weighted by molar-refractivity contribution is 6.00. The molecule has 0 bridgehead atoms. The number of aliphatic hydroxyl groups is 3. The van der Waals surface area contributed by atoms with Gasteiger partial charge in [0.05, 0.1) is 6.42 Å². The summed E-state index contributed by atoms with van der Waals surface area (Å²) in [6.45, 7) is -1.35. The first-order valence-electron chi connectivity index (χ1n) is 5.95. The lowest BCUT2D eigenvalue weighted by Gasteiger charge is -2.36. The van der Waals surface area contributed by atoms with E-state index in [0.29, 0.717) is 0 Å². The van der Waals surface area contributed by atoms with Gasteiger partial charge in [-0.3, -0.25) is 9.59 Å². The van der Waals surface area contributed by atoms with Gasteiger partial charge in [-0.25, -0.2) is 4.39 Å². The molecule has 2 rings (SSSR count). The number of piperidine rings is 1. The normalized spacial score (nSPS) is 41.9. The SMILES string of the molecule is C#C[C@]1(O)[C@H](N2CCC(=O)CC2=O)O[C@](F)(CO)[C@H]1O. The Kier molecular flexibility index (Phi) is 3.56. The summed E-state index contributed by atoms with van der Waals surface area (Å²) in [4.78, 5) is 23.8. The fourth-order valence-corrected chi connectivity index (χ4v) is 2.36. The van der Waals surface area contributed by atoms with Gasteiger partial charge in [0.2, 0.25) is 11.5 Å². The van der Waals surface area contributed by atoms with Crippen molar-refractivity contribution in [3.8, 4) is 12.3 Å². The molecular weight excluding hydrogens is 273 g/mol. The van der Waals surface area contributed by atoms with E-state index < -0.39 is 42.7 Å². The first-order chi connectivity index (χ1) is 9.28. The van der Waals surface area contributed by atoms with Crippen LogP contribution in [0, 0.1) is 12.3 Å². The maximum Gasteiger partial charge on any atom is 0.264 e. The van der Waals surface area contributed by atoms with Crippen LogP contribution in [0.2, 0.25) is 0 Å². The Morgan fingerprint density at radius 1 is 1.55 bits per heavy atom. The Balaban J connectivity index is 2.34. The lowest BCUT2D eigenvalue weighted by atomic mass is 9.92. The number of amides is 1. The molecule has 0 unspecified atom stereocenters. The number of terminal acetylenes is 1. The zero-order valence-corrected chi connectivity index (χ0v) is 10.5. The fraction of sp³-hybridized carbons (Fsp3) is 0.667. The number of ether oxygens (including phenoxy) is 1. The van der Waals surface area contributed by atoms with E-state index in [4.69, 9.17) is 16.3 Å². The predicted molar refractivity (Wildman–Crippen MR) is 61.5 cm³/mol. The molecule has 0 spiro atoms. The molecule has 2 aliphatic rings. The lowest BCUT2D eigenvalue weighted by molar-refractivity contribution is -0.218. The minimum atomic E-state index is -2.98. The summed E-state index contributed by atoms with van der Waals surface area (Å²) in [7, 11) is 0. The van der Waals surface area contributed by atoms with E-state index in [-0.39, 0.29) is 18.7 Å². The van der Waals surface area contributed by atoms with Crippen molar-refractivity contribution in [3.05, 3.63) is 0 Å². The van der Waals surface area contributed by atoms with Crippen molar-refractivity contribution in [2.45, 2.75) is 36.6 Å². The number of halogens is 1. The molecule has 0 radical (unpaired) electrons. The summed E-state index contributed by atoms with van der Waals surface area (Å²) in [6.07, 6.45) is 0.830. The highest BCUT2D eigenvalue weighted by Crippen LogP contribution is 2.41. The Bertz CT molecular complexity index is 491. The minimum Gasteiger partial charge on any atom is -0.390 e. The fourth-order valence-electron chi connectivity index (χ4n) is 2.36. The molecule has 0 aliphatic carbocycles. The van der Waals surface area contributed by atoms with E-state index >= 15 is 0 Å². The number of Topliss-reactive ketones (excluding diaryl/α,β-unsaturated/α-hetero) is 1. The number of rotatable bonds is 2. The highest BCUT2D eigenvalue weighted by atomic mass is 19.2. The largest absolute Gasteiger partial charge is 0.390 e. The molecule has 7 nitrogen and oxygen atoms in total. The quantitative estimate of drug-likeness (QED) is 0.397. The number of ketones is 1. The van der Waals surface area contributed by atoms with Crippen LogP contribution < -0.4 is 0 Å². The van der Waals surface area contributed by atoms with Crippen LogP contribution in [0.1, 0.15) is 12.8 Å².